The van der Waals surface area contributed by atoms with E-state index in [1.165, 1.54) is 54.4 Å². The summed E-state index contributed by atoms with van der Waals surface area (Å²) in [6.45, 7) is 2.13. The number of allylic oxidation sites excluding steroid dienone is 2. The minimum Gasteiger partial charge on any atom is -0.207 e. The normalized spacial score (nSPS) is 26.0. The van der Waals surface area contributed by atoms with E-state index in [0.717, 1.165) is 24.7 Å². The molecular formula is C25H29F. The maximum Gasteiger partial charge on any atom is 0.123 e. The Kier molecular flexibility index (Phi) is 5.24. The summed E-state index contributed by atoms with van der Waals surface area (Å²) in [4.78, 5) is 0. The van der Waals surface area contributed by atoms with Crippen molar-refractivity contribution in [3.63, 3.8) is 0 Å². The predicted molar refractivity (Wildman–Crippen MR) is 107 cm³/mol. The van der Waals surface area contributed by atoms with Gasteiger partial charge in [0.05, 0.1) is 0 Å². The summed E-state index contributed by atoms with van der Waals surface area (Å²) in [5.41, 5.74) is 5.46. The van der Waals surface area contributed by atoms with Crippen LogP contribution in [0.5, 0.6) is 0 Å². The zero-order valence-corrected chi connectivity index (χ0v) is 15.8. The molecule has 2 aliphatic rings. The molecule has 0 aromatic heterocycles. The molecule has 1 fully saturated rings. The summed E-state index contributed by atoms with van der Waals surface area (Å²) in [7, 11) is 0. The van der Waals surface area contributed by atoms with Crippen LogP contribution in [0, 0.1) is 11.7 Å². The zero-order valence-electron chi connectivity index (χ0n) is 15.8. The lowest BCUT2D eigenvalue weighted by Gasteiger charge is -2.28. The topological polar surface area (TPSA) is 0 Å². The Labute approximate surface area is 157 Å². The quantitative estimate of drug-likeness (QED) is 0.527. The second-order valence-electron chi connectivity index (χ2n) is 8.16. The van der Waals surface area contributed by atoms with Crippen LogP contribution in [0.1, 0.15) is 73.1 Å². The first-order valence-electron chi connectivity index (χ1n) is 10.2. The highest BCUT2D eigenvalue weighted by Crippen LogP contribution is 2.38. The van der Waals surface area contributed by atoms with Gasteiger partial charge in [-0.25, -0.2) is 4.39 Å². The van der Waals surface area contributed by atoms with E-state index in [0.29, 0.717) is 5.92 Å². The molecule has 1 heteroatoms. The lowest BCUT2D eigenvalue weighted by Crippen LogP contribution is -2.14. The molecule has 0 heterocycles. The first-order chi connectivity index (χ1) is 12.7. The molecule has 0 N–H and O–H groups in total. The highest BCUT2D eigenvalue weighted by molar-refractivity contribution is 5.35. The largest absolute Gasteiger partial charge is 0.207 e. The van der Waals surface area contributed by atoms with Crippen LogP contribution in [-0.4, -0.2) is 0 Å². The van der Waals surface area contributed by atoms with Crippen molar-refractivity contribution in [3.05, 3.63) is 82.7 Å². The third-order valence-electron chi connectivity index (χ3n) is 6.51. The summed E-state index contributed by atoms with van der Waals surface area (Å²) < 4.78 is 13.6. The molecule has 0 amide bonds. The zero-order chi connectivity index (χ0) is 17.9. The summed E-state index contributed by atoms with van der Waals surface area (Å²) in [6, 6.07) is 14.7. The molecule has 0 nitrogen and oxygen atoms in total. The predicted octanol–water partition coefficient (Wildman–Crippen LogP) is 6.95. The molecule has 0 spiro atoms. The Balaban J connectivity index is 1.42. The smallest absolute Gasteiger partial charge is 0.123 e. The monoisotopic (exact) mass is 348 g/mol. The van der Waals surface area contributed by atoms with Crippen molar-refractivity contribution < 1.29 is 4.39 Å². The third-order valence-corrected chi connectivity index (χ3v) is 6.51. The molecule has 1 atom stereocenters. The summed E-state index contributed by atoms with van der Waals surface area (Å²) in [5.74, 6) is 1.95. The fourth-order valence-electron chi connectivity index (χ4n) is 4.97. The van der Waals surface area contributed by atoms with Gasteiger partial charge in [-0.1, -0.05) is 42.5 Å². The minimum atomic E-state index is -0.103. The van der Waals surface area contributed by atoms with E-state index < -0.39 is 0 Å². The highest BCUT2D eigenvalue weighted by atomic mass is 19.1. The van der Waals surface area contributed by atoms with Crippen LogP contribution in [0.25, 0.3) is 0 Å². The molecule has 26 heavy (non-hydrogen) atoms. The Morgan fingerprint density at radius 2 is 1.50 bits per heavy atom. The van der Waals surface area contributed by atoms with E-state index in [1.54, 1.807) is 12.1 Å². The van der Waals surface area contributed by atoms with Crippen molar-refractivity contribution in [1.29, 1.82) is 0 Å². The first kappa shape index (κ1) is 17.5. The average molecular weight is 349 g/mol. The van der Waals surface area contributed by atoms with Crippen molar-refractivity contribution in [1.82, 2.24) is 0 Å². The Morgan fingerprint density at radius 1 is 0.808 bits per heavy atom. The van der Waals surface area contributed by atoms with Gasteiger partial charge in [0.1, 0.15) is 5.82 Å². The van der Waals surface area contributed by atoms with Gasteiger partial charge in [0.25, 0.3) is 0 Å². The van der Waals surface area contributed by atoms with Gasteiger partial charge in [0, 0.05) is 0 Å². The first-order valence-corrected chi connectivity index (χ1v) is 10.2. The number of benzene rings is 2. The van der Waals surface area contributed by atoms with Gasteiger partial charge in [-0.2, -0.15) is 0 Å². The molecule has 2 aromatic carbocycles. The Morgan fingerprint density at radius 3 is 2.19 bits per heavy atom. The Bertz CT molecular complexity index is 763. The number of hydrogen-bond donors (Lipinski definition) is 0. The van der Waals surface area contributed by atoms with Crippen LogP contribution in [0.15, 0.2) is 54.6 Å². The van der Waals surface area contributed by atoms with Crippen molar-refractivity contribution in [3.8, 4) is 0 Å². The third kappa shape index (κ3) is 3.77. The molecule has 0 saturated heterocycles. The van der Waals surface area contributed by atoms with Crippen LogP contribution >= 0.6 is 0 Å². The Hall–Kier alpha value is -1.89. The molecule has 4 rings (SSSR count). The standard InChI is InChI=1S/C25H29F/c1-2-3-18-4-6-19(7-5-18)20-8-10-21(11-9-20)23-13-12-22-14-15-25(26)17-24(22)16-23/h2-3,8-11,14-15,17-19,23H,4-7,12-13,16H2,1H3/b3-2+. The van der Waals surface area contributed by atoms with Crippen LogP contribution in [0.3, 0.4) is 0 Å². The van der Waals surface area contributed by atoms with Gasteiger partial charge < -0.3 is 0 Å². The van der Waals surface area contributed by atoms with Gasteiger partial charge >= 0.3 is 0 Å². The average Bonchev–Trinajstić information content (AvgIpc) is 2.68. The highest BCUT2D eigenvalue weighted by Gasteiger charge is 2.23. The summed E-state index contributed by atoms with van der Waals surface area (Å²) >= 11 is 0. The van der Waals surface area contributed by atoms with E-state index >= 15 is 0 Å². The molecule has 2 aliphatic carbocycles. The molecule has 2 aromatic rings. The van der Waals surface area contributed by atoms with E-state index in [-0.39, 0.29) is 5.82 Å². The summed E-state index contributed by atoms with van der Waals surface area (Å²) in [5, 5.41) is 0. The van der Waals surface area contributed by atoms with E-state index in [4.69, 9.17) is 0 Å². The maximum absolute atomic E-state index is 13.6. The van der Waals surface area contributed by atoms with Crippen LogP contribution in [0.2, 0.25) is 0 Å². The molecular weight excluding hydrogens is 319 g/mol. The van der Waals surface area contributed by atoms with Crippen LogP contribution in [-0.2, 0) is 12.8 Å². The van der Waals surface area contributed by atoms with Gasteiger partial charge in [0.2, 0.25) is 0 Å². The van der Waals surface area contributed by atoms with E-state index in [2.05, 4.69) is 43.3 Å². The molecule has 136 valence electrons. The maximum atomic E-state index is 13.6. The molecule has 1 saturated carbocycles. The number of fused-ring (bicyclic) bond motifs is 1. The molecule has 0 aliphatic heterocycles. The van der Waals surface area contributed by atoms with Crippen molar-refractivity contribution >= 4 is 0 Å². The number of rotatable bonds is 3. The molecule has 1 unspecified atom stereocenters. The van der Waals surface area contributed by atoms with Crippen molar-refractivity contribution in [2.24, 2.45) is 5.92 Å². The lowest BCUT2D eigenvalue weighted by atomic mass is 9.77. The van der Waals surface area contributed by atoms with Crippen molar-refractivity contribution in [2.45, 2.75) is 63.7 Å². The van der Waals surface area contributed by atoms with Crippen LogP contribution < -0.4 is 0 Å². The second kappa shape index (κ2) is 7.78. The SMILES string of the molecule is C/C=C/C1CCC(c2ccc(C3CCc4ccc(F)cc4C3)cc2)CC1. The lowest BCUT2D eigenvalue weighted by molar-refractivity contribution is 0.375. The van der Waals surface area contributed by atoms with Crippen molar-refractivity contribution in [2.75, 3.05) is 0 Å². The summed E-state index contributed by atoms with van der Waals surface area (Å²) in [6.07, 6.45) is 13.1. The van der Waals surface area contributed by atoms with E-state index in [9.17, 15) is 4.39 Å². The minimum absolute atomic E-state index is 0.103. The van der Waals surface area contributed by atoms with Gasteiger partial charge in [-0.3, -0.25) is 0 Å². The van der Waals surface area contributed by atoms with Gasteiger partial charge in [0.15, 0.2) is 0 Å². The fourth-order valence-corrected chi connectivity index (χ4v) is 4.97. The molecule has 0 radical (unpaired) electrons. The van der Waals surface area contributed by atoms with Gasteiger partial charge in [-0.15, -0.1) is 0 Å². The van der Waals surface area contributed by atoms with Crippen LogP contribution in [0.4, 0.5) is 4.39 Å². The molecule has 0 bridgehead atoms. The second-order valence-corrected chi connectivity index (χ2v) is 8.16. The number of halogens is 1. The number of hydrogen-bond acceptors (Lipinski definition) is 0. The van der Waals surface area contributed by atoms with E-state index in [1.807, 2.05) is 6.07 Å². The fraction of sp³-hybridized carbons (Fsp3) is 0.440. The number of aryl methyl sites for hydroxylation is 1. The van der Waals surface area contributed by atoms with Gasteiger partial charge in [-0.05, 0) is 104 Å².